The van der Waals surface area contributed by atoms with E-state index in [9.17, 15) is 39.6 Å². The van der Waals surface area contributed by atoms with Gasteiger partial charge in [0.2, 0.25) is 20.0 Å². The highest BCUT2D eigenvalue weighted by Crippen LogP contribution is 2.39. The maximum atomic E-state index is 15.9. The number of carbonyl (C=O) groups excluding carboxylic acids is 2. The zero-order valence-corrected chi connectivity index (χ0v) is 38.0. The average molecular weight is 955 g/mol. The molecule has 67 heavy (non-hydrogen) atoms. The van der Waals surface area contributed by atoms with Gasteiger partial charge in [-0.15, -0.1) is 0 Å². The molecule has 348 valence electrons. The molecule has 2 fully saturated rings. The van der Waals surface area contributed by atoms with Crippen LogP contribution in [0.5, 0.6) is 0 Å². The van der Waals surface area contributed by atoms with E-state index in [1.54, 1.807) is 36.4 Å². The highest BCUT2D eigenvalue weighted by molar-refractivity contribution is 7.89. The van der Waals surface area contributed by atoms with Crippen molar-refractivity contribution in [1.29, 1.82) is 0 Å². The van der Waals surface area contributed by atoms with E-state index in [4.69, 9.17) is 0 Å². The Labute approximate surface area is 387 Å². The number of amides is 2. The maximum absolute atomic E-state index is 15.9. The number of nitrogens with zero attached hydrogens (tertiary/aromatic N) is 3. The summed E-state index contributed by atoms with van der Waals surface area (Å²) in [5.41, 5.74) is 1.97. The van der Waals surface area contributed by atoms with Crippen LogP contribution in [0.1, 0.15) is 102 Å². The summed E-state index contributed by atoms with van der Waals surface area (Å²) in [5, 5.41) is 5.32. The summed E-state index contributed by atoms with van der Waals surface area (Å²) in [7, 11) is -7.33. The first kappa shape index (κ1) is 47.3. The summed E-state index contributed by atoms with van der Waals surface area (Å²) in [6.45, 7) is 1.82. The molecule has 4 aromatic rings. The van der Waals surface area contributed by atoms with Gasteiger partial charge in [-0.05, 0) is 145 Å². The lowest BCUT2D eigenvalue weighted by Crippen LogP contribution is -2.35. The van der Waals surface area contributed by atoms with E-state index in [1.807, 2.05) is 0 Å². The number of nitrogens with one attached hydrogen (secondary N) is 2. The van der Waals surface area contributed by atoms with Gasteiger partial charge >= 0.3 is 17.9 Å². The van der Waals surface area contributed by atoms with Crippen LogP contribution in [0, 0.1) is 11.9 Å². The molecular weight excluding hydrogens is 907 g/mol. The van der Waals surface area contributed by atoms with Gasteiger partial charge in [0.15, 0.2) is 0 Å². The monoisotopic (exact) mass is 954 g/mol. The first-order chi connectivity index (χ1) is 32.1. The average Bonchev–Trinajstić information content (AvgIpc) is 3.34. The number of benzene rings is 4. The van der Waals surface area contributed by atoms with E-state index in [1.165, 1.54) is 69.3 Å². The van der Waals surface area contributed by atoms with Crippen molar-refractivity contribution in [2.75, 3.05) is 36.8 Å². The van der Waals surface area contributed by atoms with Gasteiger partial charge in [-0.1, -0.05) is 37.1 Å². The molecule has 4 aliphatic rings. The first-order valence-electron chi connectivity index (χ1n) is 22.2. The second kappa shape index (κ2) is 20.0. The Hall–Kier alpha value is -6.19. The second-order valence-corrected chi connectivity index (χ2v) is 20.6. The van der Waals surface area contributed by atoms with Gasteiger partial charge in [-0.2, -0.15) is 21.8 Å². The summed E-state index contributed by atoms with van der Waals surface area (Å²) in [4.78, 5) is 31.2. The molecule has 17 heteroatoms. The fourth-order valence-electron chi connectivity index (χ4n) is 8.53. The molecule has 8 rings (SSSR count). The third kappa shape index (κ3) is 10.8. The van der Waals surface area contributed by atoms with Crippen LogP contribution in [-0.4, -0.2) is 63.4 Å². The van der Waals surface area contributed by atoms with E-state index < -0.39 is 49.4 Å². The molecule has 0 radical (unpaired) electrons. The number of sulfonamides is 2. The highest BCUT2D eigenvalue weighted by Gasteiger charge is 2.35. The van der Waals surface area contributed by atoms with Gasteiger partial charge in [0.05, 0.1) is 32.9 Å². The minimum atomic E-state index is -4.69. The van der Waals surface area contributed by atoms with Gasteiger partial charge < -0.3 is 10.6 Å². The molecule has 2 aliphatic carbocycles. The minimum Gasteiger partial charge on any atom is -0.322 e. The summed E-state index contributed by atoms with van der Waals surface area (Å²) < 4.78 is 114. The lowest BCUT2D eigenvalue weighted by molar-refractivity contribution is -0.137. The van der Waals surface area contributed by atoms with Crippen molar-refractivity contribution in [3.05, 3.63) is 159 Å². The van der Waals surface area contributed by atoms with Crippen LogP contribution in [0.3, 0.4) is 0 Å². The Kier molecular flexibility index (Phi) is 14.1. The van der Waals surface area contributed by atoms with Crippen LogP contribution in [0.15, 0.2) is 130 Å². The molecule has 2 N–H and O–H groups in total. The number of allylic oxidation sites excluding steroid dienone is 8. The topological polar surface area (TPSA) is 137 Å². The molecule has 4 aromatic carbocycles. The van der Waals surface area contributed by atoms with Crippen molar-refractivity contribution in [1.82, 2.24) is 8.61 Å². The highest BCUT2D eigenvalue weighted by atomic mass is 32.2. The molecule has 0 saturated carbocycles. The van der Waals surface area contributed by atoms with Gasteiger partial charge in [-0.25, -0.2) is 21.2 Å². The predicted molar refractivity (Wildman–Crippen MR) is 250 cm³/mol. The number of halogens is 4. The van der Waals surface area contributed by atoms with E-state index in [0.29, 0.717) is 73.5 Å². The zero-order valence-electron chi connectivity index (χ0n) is 36.4. The summed E-state index contributed by atoms with van der Waals surface area (Å²) in [6, 6.07) is 22.3. The SMILES string of the molecule is O=C(Nc1ccc(S(=O)(=O)N2CCCCC2)cc1)c1ccc(C(F)(F)F)c(C2=CC=C(C#[N+]C3=CC=C(c4cccc(C(=O)Nc5ccc(S(=O)(=O)N6CCCCC6)cc5)c4F)CC3)CC2)c1. The summed E-state index contributed by atoms with van der Waals surface area (Å²) >= 11 is 0. The number of rotatable bonds is 10. The fourth-order valence-corrected chi connectivity index (χ4v) is 11.6. The molecule has 0 spiro atoms. The molecule has 11 nitrogen and oxygen atoms in total. The van der Waals surface area contributed by atoms with Gasteiger partial charge in [0.1, 0.15) is 5.82 Å². The fraction of sp³-hybridized carbons (Fsp3) is 0.300. The van der Waals surface area contributed by atoms with Crippen molar-refractivity contribution in [2.45, 2.75) is 80.2 Å². The molecule has 0 aromatic heterocycles. The zero-order chi connectivity index (χ0) is 47.3. The Bertz CT molecular complexity index is 3000. The molecule has 2 aliphatic heterocycles. The molecule has 2 amide bonds. The number of piperidine rings is 2. The van der Waals surface area contributed by atoms with Crippen LogP contribution < -0.4 is 10.6 Å². The Morgan fingerprint density at radius 3 is 1.66 bits per heavy atom. The molecule has 0 unspecified atom stereocenters. The Morgan fingerprint density at radius 1 is 0.597 bits per heavy atom. The smallest absolute Gasteiger partial charge is 0.322 e. The van der Waals surface area contributed by atoms with Crippen molar-refractivity contribution in [3.63, 3.8) is 0 Å². The second-order valence-electron chi connectivity index (χ2n) is 16.8. The van der Waals surface area contributed by atoms with E-state index in [-0.39, 0.29) is 44.2 Å². The number of hydrogen-bond donors (Lipinski definition) is 2. The first-order valence-corrected chi connectivity index (χ1v) is 25.1. The third-order valence-electron chi connectivity index (χ3n) is 12.3. The molecule has 0 atom stereocenters. The van der Waals surface area contributed by atoms with Crippen LogP contribution in [0.4, 0.5) is 28.9 Å². The van der Waals surface area contributed by atoms with Crippen molar-refractivity contribution in [2.24, 2.45) is 0 Å². The predicted octanol–water partition coefficient (Wildman–Crippen LogP) is 10.9. The van der Waals surface area contributed by atoms with Crippen molar-refractivity contribution in [3.8, 4) is 6.07 Å². The minimum absolute atomic E-state index is 0.00598. The number of carbonyl (C=O) groups is 2. The Balaban J connectivity index is 0.917. The Morgan fingerprint density at radius 2 is 1.13 bits per heavy atom. The van der Waals surface area contributed by atoms with Gasteiger partial charge in [0.25, 0.3) is 11.8 Å². The van der Waals surface area contributed by atoms with Crippen LogP contribution in [0.25, 0.3) is 16.0 Å². The number of anilines is 2. The van der Waals surface area contributed by atoms with E-state index in [2.05, 4.69) is 21.5 Å². The molecule has 0 bridgehead atoms. The van der Waals surface area contributed by atoms with Crippen molar-refractivity contribution >= 4 is 54.4 Å². The van der Waals surface area contributed by atoms with Gasteiger partial charge in [0, 0.05) is 54.8 Å². The number of alkyl halides is 3. The third-order valence-corrected chi connectivity index (χ3v) is 16.1. The van der Waals surface area contributed by atoms with E-state index >= 15 is 4.39 Å². The standard InChI is InChI=1S/C50H47F4N5O6S2/c51-47-43(8-7-9-44(47)49(61)57-40-21-25-42(26-22-40)67(64,65)59-30-5-2-6-31-59)35-14-17-38(18-15-35)55-33-34-10-12-36(13-11-34)45-32-37(16-27-46(45)50(52,53)54)48(60)56-39-19-23-41(24-20-39)66(62,63)58-28-3-1-4-29-58/h7-10,12,14,16-17,19-27,32H,1-6,11,13,15,18,28-31H2,(H-,56,57,60,61)/p+1. The number of hydrogen-bond acceptors (Lipinski definition) is 6. The summed E-state index contributed by atoms with van der Waals surface area (Å²) in [6.07, 6.45) is 8.48. The van der Waals surface area contributed by atoms with Crippen LogP contribution in [0.2, 0.25) is 0 Å². The van der Waals surface area contributed by atoms with E-state index in [0.717, 1.165) is 50.7 Å². The van der Waals surface area contributed by atoms with Crippen LogP contribution in [-0.2, 0) is 26.2 Å². The molecule has 2 saturated heterocycles. The molecule has 2 heterocycles. The summed E-state index contributed by atoms with van der Waals surface area (Å²) in [5.74, 6) is -2.05. The lowest BCUT2D eigenvalue weighted by atomic mass is 9.89. The normalized spacial score (nSPS) is 17.5. The quantitative estimate of drug-likeness (QED) is 0.152. The molecular formula is C50H48F4N5O6S2+. The largest absolute Gasteiger partial charge is 0.416 e. The van der Waals surface area contributed by atoms with Crippen LogP contribution >= 0.6 is 0 Å². The van der Waals surface area contributed by atoms with Gasteiger partial charge in [-0.3, -0.25) is 9.59 Å². The lowest BCUT2D eigenvalue weighted by Gasteiger charge is -2.25. The maximum Gasteiger partial charge on any atom is 0.416 e. The van der Waals surface area contributed by atoms with Crippen molar-refractivity contribution < 1.29 is 44.0 Å².